The summed E-state index contributed by atoms with van der Waals surface area (Å²) in [5.74, 6) is 0.348. The van der Waals surface area contributed by atoms with Gasteiger partial charge in [-0.25, -0.2) is 17.8 Å². The lowest BCUT2D eigenvalue weighted by Crippen LogP contribution is -2.36. The highest BCUT2D eigenvalue weighted by atomic mass is 32.2. The Morgan fingerprint density at radius 2 is 1.87 bits per heavy atom. The second-order valence-electron chi connectivity index (χ2n) is 7.01. The number of ether oxygens (including phenoxy) is 1. The first-order chi connectivity index (χ1) is 14.8. The lowest BCUT2D eigenvalue weighted by molar-refractivity contribution is 0.414. The Bertz CT molecular complexity index is 1100. The first kappa shape index (κ1) is 23.2. The summed E-state index contributed by atoms with van der Waals surface area (Å²) in [4.78, 5) is 6.93. The smallest absolute Gasteiger partial charge is 0.242 e. The van der Waals surface area contributed by atoms with Crippen LogP contribution in [0.25, 0.3) is 0 Å². The lowest BCUT2D eigenvalue weighted by atomic mass is 10.1. The van der Waals surface area contributed by atoms with Crippen molar-refractivity contribution < 1.29 is 17.5 Å². The molecule has 0 aliphatic heterocycles. The van der Waals surface area contributed by atoms with Gasteiger partial charge in [0.1, 0.15) is 11.6 Å². The highest BCUT2D eigenvalue weighted by Gasteiger charge is 2.22. The van der Waals surface area contributed by atoms with Gasteiger partial charge in [0.25, 0.3) is 0 Å². The van der Waals surface area contributed by atoms with E-state index in [0.29, 0.717) is 31.8 Å². The maximum absolute atomic E-state index is 13.4. The minimum Gasteiger partial charge on any atom is -0.497 e. The predicted molar refractivity (Wildman–Crippen MR) is 122 cm³/mol. The second-order valence-corrected chi connectivity index (χ2v) is 9.89. The van der Waals surface area contributed by atoms with E-state index in [1.807, 2.05) is 23.3 Å². The van der Waals surface area contributed by atoms with Gasteiger partial charge in [0, 0.05) is 38.5 Å². The molecule has 2 aromatic carbocycles. The number of benzene rings is 2. The van der Waals surface area contributed by atoms with Crippen LogP contribution < -0.4 is 9.64 Å². The third-order valence-electron chi connectivity index (χ3n) is 4.92. The van der Waals surface area contributed by atoms with E-state index in [4.69, 9.17) is 4.74 Å². The molecule has 0 atom stereocenters. The molecule has 9 heteroatoms. The van der Waals surface area contributed by atoms with E-state index in [2.05, 4.69) is 4.98 Å². The van der Waals surface area contributed by atoms with Crippen LogP contribution in [0.1, 0.15) is 18.2 Å². The molecule has 0 saturated carbocycles. The van der Waals surface area contributed by atoms with Crippen LogP contribution in [0.15, 0.2) is 58.8 Å². The molecule has 0 N–H and O–H groups in total. The standard InChI is InChI=1S/C22H26FN3O3S2/c1-4-26(22-24-19(16-30-22)15-17-6-5-7-18(23)14-17)13-12-25(2)31(27,28)21-10-8-20(29-3)9-11-21/h5-11,14,16H,4,12-13,15H2,1-3H3. The number of rotatable bonds is 10. The molecule has 0 saturated heterocycles. The number of likely N-dealkylation sites (N-methyl/N-ethyl adjacent to an activating group) is 2. The first-order valence-corrected chi connectivity index (χ1v) is 12.2. The SMILES string of the molecule is CCN(CCN(C)S(=O)(=O)c1ccc(OC)cc1)c1nc(Cc2cccc(F)c2)cs1. The number of methoxy groups -OCH3 is 1. The fraction of sp³-hybridized carbons (Fsp3) is 0.318. The van der Waals surface area contributed by atoms with E-state index in [0.717, 1.165) is 16.4 Å². The van der Waals surface area contributed by atoms with E-state index in [1.54, 1.807) is 37.4 Å². The summed E-state index contributed by atoms with van der Waals surface area (Å²) in [5.41, 5.74) is 1.73. The third-order valence-corrected chi connectivity index (χ3v) is 7.74. The number of anilines is 1. The van der Waals surface area contributed by atoms with Crippen molar-refractivity contribution in [2.45, 2.75) is 18.2 Å². The molecule has 0 spiro atoms. The number of aromatic nitrogens is 1. The molecule has 0 radical (unpaired) electrons. The number of thiazole rings is 1. The number of halogens is 1. The van der Waals surface area contributed by atoms with Gasteiger partial charge in [-0.3, -0.25) is 0 Å². The average Bonchev–Trinajstić information content (AvgIpc) is 3.22. The molecule has 0 amide bonds. The van der Waals surface area contributed by atoms with Gasteiger partial charge < -0.3 is 9.64 Å². The van der Waals surface area contributed by atoms with Crippen LogP contribution >= 0.6 is 11.3 Å². The maximum atomic E-state index is 13.4. The third kappa shape index (κ3) is 5.81. The van der Waals surface area contributed by atoms with E-state index >= 15 is 0 Å². The Kier molecular flexibility index (Phi) is 7.64. The van der Waals surface area contributed by atoms with Crippen molar-refractivity contribution in [2.24, 2.45) is 0 Å². The summed E-state index contributed by atoms with van der Waals surface area (Å²) >= 11 is 1.50. The van der Waals surface area contributed by atoms with Crippen molar-refractivity contribution in [1.29, 1.82) is 0 Å². The van der Waals surface area contributed by atoms with Crippen molar-refractivity contribution in [3.05, 3.63) is 71.0 Å². The van der Waals surface area contributed by atoms with Gasteiger partial charge in [0.2, 0.25) is 10.0 Å². The van der Waals surface area contributed by atoms with Crippen LogP contribution in [0, 0.1) is 5.82 Å². The monoisotopic (exact) mass is 463 g/mol. The van der Waals surface area contributed by atoms with Crippen molar-refractivity contribution in [3.63, 3.8) is 0 Å². The summed E-state index contributed by atoms with van der Waals surface area (Å²) in [6, 6.07) is 12.8. The Hall–Kier alpha value is -2.49. The molecule has 0 aliphatic rings. The number of hydrogen-bond donors (Lipinski definition) is 0. The normalized spacial score (nSPS) is 11.6. The van der Waals surface area contributed by atoms with Crippen molar-refractivity contribution in [2.75, 3.05) is 38.7 Å². The predicted octanol–water partition coefficient (Wildman–Crippen LogP) is 4.03. The molecule has 1 aromatic heterocycles. The van der Waals surface area contributed by atoms with Gasteiger partial charge in [0.05, 0.1) is 17.7 Å². The Balaban J connectivity index is 1.63. The molecule has 0 fully saturated rings. The summed E-state index contributed by atoms with van der Waals surface area (Å²) in [6.07, 6.45) is 0.553. The maximum Gasteiger partial charge on any atom is 0.242 e. The van der Waals surface area contributed by atoms with Crippen molar-refractivity contribution in [3.8, 4) is 5.75 Å². The number of hydrogen-bond acceptors (Lipinski definition) is 6. The molecule has 3 aromatic rings. The van der Waals surface area contributed by atoms with Gasteiger partial charge >= 0.3 is 0 Å². The van der Waals surface area contributed by atoms with Crippen LogP contribution in [0.2, 0.25) is 0 Å². The highest BCUT2D eigenvalue weighted by Crippen LogP contribution is 2.23. The molecule has 0 unspecified atom stereocenters. The number of nitrogens with zero attached hydrogens (tertiary/aromatic N) is 3. The highest BCUT2D eigenvalue weighted by molar-refractivity contribution is 7.89. The fourth-order valence-electron chi connectivity index (χ4n) is 3.08. The van der Waals surface area contributed by atoms with Crippen LogP contribution in [0.4, 0.5) is 9.52 Å². The first-order valence-electron chi connectivity index (χ1n) is 9.87. The Morgan fingerprint density at radius 1 is 1.13 bits per heavy atom. The topological polar surface area (TPSA) is 62.7 Å². The molecule has 1 heterocycles. The quantitative estimate of drug-likeness (QED) is 0.454. The van der Waals surface area contributed by atoms with E-state index < -0.39 is 10.0 Å². The molecule has 166 valence electrons. The van der Waals surface area contributed by atoms with Gasteiger partial charge in [-0.1, -0.05) is 12.1 Å². The van der Waals surface area contributed by atoms with Crippen LogP contribution in [0.3, 0.4) is 0 Å². The van der Waals surface area contributed by atoms with E-state index in [9.17, 15) is 12.8 Å². The fourth-order valence-corrected chi connectivity index (χ4v) is 5.16. The molecule has 0 aliphatic carbocycles. The van der Waals surface area contributed by atoms with Crippen LogP contribution in [-0.4, -0.2) is 51.5 Å². The minimum atomic E-state index is -3.59. The van der Waals surface area contributed by atoms with Gasteiger partial charge in [-0.05, 0) is 48.9 Å². The van der Waals surface area contributed by atoms with Gasteiger partial charge in [-0.15, -0.1) is 11.3 Å². The molecular formula is C22H26FN3O3S2. The summed E-state index contributed by atoms with van der Waals surface area (Å²) in [5, 5.41) is 2.78. The average molecular weight is 464 g/mol. The largest absolute Gasteiger partial charge is 0.497 e. The zero-order valence-electron chi connectivity index (χ0n) is 17.8. The van der Waals surface area contributed by atoms with Gasteiger partial charge in [-0.2, -0.15) is 4.31 Å². The van der Waals surface area contributed by atoms with Crippen molar-refractivity contribution in [1.82, 2.24) is 9.29 Å². The minimum absolute atomic E-state index is 0.227. The lowest BCUT2D eigenvalue weighted by Gasteiger charge is -2.24. The summed E-state index contributed by atoms with van der Waals surface area (Å²) < 4.78 is 45.5. The Labute approximate surface area is 187 Å². The zero-order chi connectivity index (χ0) is 22.4. The summed E-state index contributed by atoms with van der Waals surface area (Å²) in [7, 11) is -0.478. The Morgan fingerprint density at radius 3 is 2.52 bits per heavy atom. The van der Waals surface area contributed by atoms with Gasteiger partial charge in [0.15, 0.2) is 5.13 Å². The van der Waals surface area contributed by atoms with Crippen LogP contribution in [-0.2, 0) is 16.4 Å². The molecule has 6 nitrogen and oxygen atoms in total. The van der Waals surface area contributed by atoms with Crippen LogP contribution in [0.5, 0.6) is 5.75 Å². The molecule has 3 rings (SSSR count). The molecule has 31 heavy (non-hydrogen) atoms. The zero-order valence-corrected chi connectivity index (χ0v) is 19.4. The molecule has 0 bridgehead atoms. The van der Waals surface area contributed by atoms with E-state index in [1.165, 1.54) is 34.9 Å². The van der Waals surface area contributed by atoms with Crippen molar-refractivity contribution >= 4 is 26.5 Å². The second kappa shape index (κ2) is 10.2. The summed E-state index contributed by atoms with van der Waals surface area (Å²) in [6.45, 7) is 3.53. The van der Waals surface area contributed by atoms with E-state index in [-0.39, 0.29) is 10.7 Å². The molecular weight excluding hydrogens is 437 g/mol. The number of sulfonamides is 1.